The molecule has 0 aliphatic carbocycles. The fourth-order valence-corrected chi connectivity index (χ4v) is 2.51. The van der Waals surface area contributed by atoms with Crippen LogP contribution in [0.15, 0.2) is 18.6 Å². The van der Waals surface area contributed by atoms with Crippen LogP contribution in [0.25, 0.3) is 0 Å². The smallest absolute Gasteiger partial charge is 0.240 e. The molecule has 1 amide bonds. The topological polar surface area (TPSA) is 72.1 Å². The fraction of sp³-hybridized carbons (Fsp3) is 0.667. The van der Waals surface area contributed by atoms with Crippen molar-refractivity contribution in [2.24, 2.45) is 11.1 Å². The van der Waals surface area contributed by atoms with Crippen molar-refractivity contribution in [2.75, 3.05) is 13.1 Å². The largest absolute Gasteiger partial charge is 0.341 e. The molecule has 0 unspecified atom stereocenters. The Hall–Kier alpha value is -1.49. The third-order valence-corrected chi connectivity index (χ3v) is 4.03. The van der Waals surface area contributed by atoms with Gasteiger partial charge in [0, 0.05) is 30.9 Å². The molecule has 0 bridgehead atoms. The lowest BCUT2D eigenvalue weighted by Gasteiger charge is -2.36. The molecule has 1 saturated heterocycles. The van der Waals surface area contributed by atoms with E-state index < -0.39 is 6.04 Å². The van der Waals surface area contributed by atoms with Gasteiger partial charge in [-0.3, -0.25) is 4.79 Å². The van der Waals surface area contributed by atoms with Crippen molar-refractivity contribution in [2.45, 2.75) is 45.6 Å². The molecule has 1 aliphatic rings. The van der Waals surface area contributed by atoms with E-state index in [9.17, 15) is 4.79 Å². The van der Waals surface area contributed by atoms with Gasteiger partial charge < -0.3 is 10.6 Å². The first-order chi connectivity index (χ1) is 9.39. The number of aromatic nitrogens is 2. The first-order valence-corrected chi connectivity index (χ1v) is 7.20. The monoisotopic (exact) mass is 276 g/mol. The molecule has 1 aliphatic heterocycles. The van der Waals surface area contributed by atoms with Crippen LogP contribution >= 0.6 is 0 Å². The molecule has 20 heavy (non-hydrogen) atoms. The van der Waals surface area contributed by atoms with Crippen LogP contribution in [0.2, 0.25) is 0 Å². The lowest BCUT2D eigenvalue weighted by Crippen LogP contribution is -2.52. The summed E-state index contributed by atoms with van der Waals surface area (Å²) in [5.41, 5.74) is 6.94. The minimum Gasteiger partial charge on any atom is -0.341 e. The molecule has 0 saturated carbocycles. The predicted octanol–water partition coefficient (Wildman–Crippen LogP) is 1.56. The highest BCUT2D eigenvalue weighted by Gasteiger charge is 2.33. The van der Waals surface area contributed by atoms with Gasteiger partial charge in [-0.2, -0.15) is 0 Å². The Balaban J connectivity index is 1.93. The van der Waals surface area contributed by atoms with Crippen molar-refractivity contribution in [3.8, 4) is 0 Å². The second-order valence-corrected chi connectivity index (χ2v) is 6.58. The van der Waals surface area contributed by atoms with Gasteiger partial charge in [0.1, 0.15) is 6.33 Å². The number of piperidine rings is 1. The summed E-state index contributed by atoms with van der Waals surface area (Å²) < 4.78 is 0. The molecule has 2 heterocycles. The maximum absolute atomic E-state index is 12.4. The summed E-state index contributed by atoms with van der Waals surface area (Å²) in [5, 5.41) is 0. The van der Waals surface area contributed by atoms with Crippen LogP contribution in [0.5, 0.6) is 0 Å². The van der Waals surface area contributed by atoms with Gasteiger partial charge in [0.05, 0.1) is 6.04 Å². The zero-order valence-electron chi connectivity index (χ0n) is 12.5. The van der Waals surface area contributed by atoms with Crippen molar-refractivity contribution in [3.05, 3.63) is 24.3 Å². The standard InChI is InChI=1S/C15H24N4O/c1-15(2,3)13(16)14(20)19-8-5-11(6-9-19)12-4-7-17-10-18-12/h4,7,10-11,13H,5-6,8-9,16H2,1-3H3/t13-/m1/s1. The molecule has 2 N–H and O–H groups in total. The highest BCUT2D eigenvalue weighted by Crippen LogP contribution is 2.27. The maximum Gasteiger partial charge on any atom is 0.240 e. The number of carbonyl (C=O) groups excluding carboxylic acids is 1. The molecular formula is C15H24N4O. The Labute approximate surface area is 120 Å². The molecule has 1 fully saturated rings. The Morgan fingerprint density at radius 2 is 2.05 bits per heavy atom. The first kappa shape index (κ1) is 14.9. The Morgan fingerprint density at radius 3 is 2.55 bits per heavy atom. The molecule has 0 spiro atoms. The summed E-state index contributed by atoms with van der Waals surface area (Å²) >= 11 is 0. The van der Waals surface area contributed by atoms with Gasteiger partial charge in [-0.15, -0.1) is 0 Å². The average Bonchev–Trinajstić information content (AvgIpc) is 2.46. The molecule has 0 aromatic carbocycles. The molecule has 1 atom stereocenters. The van der Waals surface area contributed by atoms with Gasteiger partial charge in [-0.25, -0.2) is 9.97 Å². The van der Waals surface area contributed by atoms with Crippen LogP contribution in [0.3, 0.4) is 0 Å². The molecule has 110 valence electrons. The Bertz CT molecular complexity index is 447. The summed E-state index contributed by atoms with van der Waals surface area (Å²) in [4.78, 5) is 22.5. The van der Waals surface area contributed by atoms with Crippen LogP contribution in [0.1, 0.15) is 45.2 Å². The van der Waals surface area contributed by atoms with E-state index >= 15 is 0 Å². The van der Waals surface area contributed by atoms with Gasteiger partial charge >= 0.3 is 0 Å². The third kappa shape index (κ3) is 3.33. The van der Waals surface area contributed by atoms with Gasteiger partial charge in [0.25, 0.3) is 0 Å². The number of nitrogens with zero attached hydrogens (tertiary/aromatic N) is 3. The lowest BCUT2D eigenvalue weighted by atomic mass is 9.85. The van der Waals surface area contributed by atoms with Gasteiger partial charge in [-0.1, -0.05) is 20.8 Å². The molecular weight excluding hydrogens is 252 g/mol. The van der Waals surface area contributed by atoms with E-state index in [1.807, 2.05) is 31.7 Å². The Morgan fingerprint density at radius 1 is 1.40 bits per heavy atom. The normalized spacial score (nSPS) is 18.9. The summed E-state index contributed by atoms with van der Waals surface area (Å²) in [5.74, 6) is 0.492. The molecule has 0 radical (unpaired) electrons. The number of carbonyl (C=O) groups is 1. The summed E-state index contributed by atoms with van der Waals surface area (Å²) in [6.45, 7) is 7.53. The summed E-state index contributed by atoms with van der Waals surface area (Å²) in [6.07, 6.45) is 5.25. The van der Waals surface area contributed by atoms with E-state index in [2.05, 4.69) is 9.97 Å². The molecule has 5 heteroatoms. The first-order valence-electron chi connectivity index (χ1n) is 7.20. The van der Waals surface area contributed by atoms with Crippen LogP contribution in [-0.2, 0) is 4.79 Å². The van der Waals surface area contributed by atoms with E-state index in [1.165, 1.54) is 0 Å². The highest BCUT2D eigenvalue weighted by atomic mass is 16.2. The molecule has 5 nitrogen and oxygen atoms in total. The summed E-state index contributed by atoms with van der Waals surface area (Å²) in [7, 11) is 0. The van der Waals surface area contributed by atoms with Crippen molar-refractivity contribution in [1.29, 1.82) is 0 Å². The van der Waals surface area contributed by atoms with Crippen LogP contribution in [-0.4, -0.2) is 39.9 Å². The number of nitrogens with two attached hydrogens (primary N) is 1. The van der Waals surface area contributed by atoms with E-state index in [0.29, 0.717) is 5.92 Å². The zero-order chi connectivity index (χ0) is 14.8. The number of rotatable bonds is 2. The van der Waals surface area contributed by atoms with E-state index in [0.717, 1.165) is 31.6 Å². The number of hydrogen-bond acceptors (Lipinski definition) is 4. The maximum atomic E-state index is 12.4. The van der Waals surface area contributed by atoms with Crippen molar-refractivity contribution in [3.63, 3.8) is 0 Å². The number of likely N-dealkylation sites (tertiary alicyclic amines) is 1. The van der Waals surface area contributed by atoms with Crippen molar-refractivity contribution < 1.29 is 4.79 Å². The Kier molecular flexibility index (Phi) is 4.38. The van der Waals surface area contributed by atoms with Crippen molar-refractivity contribution >= 4 is 5.91 Å². The highest BCUT2D eigenvalue weighted by molar-refractivity contribution is 5.82. The van der Waals surface area contributed by atoms with Crippen LogP contribution in [0.4, 0.5) is 0 Å². The number of amides is 1. The van der Waals surface area contributed by atoms with Crippen LogP contribution in [0, 0.1) is 5.41 Å². The van der Waals surface area contributed by atoms with Crippen LogP contribution < -0.4 is 5.73 Å². The quantitative estimate of drug-likeness (QED) is 0.889. The van der Waals surface area contributed by atoms with Gasteiger partial charge in [0.2, 0.25) is 5.91 Å². The second-order valence-electron chi connectivity index (χ2n) is 6.58. The summed E-state index contributed by atoms with van der Waals surface area (Å²) in [6, 6.07) is 1.53. The lowest BCUT2D eigenvalue weighted by molar-refractivity contribution is -0.136. The van der Waals surface area contributed by atoms with E-state index in [4.69, 9.17) is 5.73 Å². The molecule has 2 rings (SSSR count). The SMILES string of the molecule is CC(C)(C)[C@H](N)C(=O)N1CCC(c2ccncn2)CC1. The fourth-order valence-electron chi connectivity index (χ4n) is 2.51. The third-order valence-electron chi connectivity index (χ3n) is 4.03. The van der Waals surface area contributed by atoms with E-state index in [1.54, 1.807) is 12.5 Å². The van der Waals surface area contributed by atoms with Gasteiger partial charge in [0.15, 0.2) is 0 Å². The molecule has 1 aromatic rings. The zero-order valence-corrected chi connectivity index (χ0v) is 12.5. The van der Waals surface area contributed by atoms with E-state index in [-0.39, 0.29) is 11.3 Å². The molecule has 1 aromatic heterocycles. The predicted molar refractivity (Wildman–Crippen MR) is 78.0 cm³/mol. The van der Waals surface area contributed by atoms with Crippen molar-refractivity contribution in [1.82, 2.24) is 14.9 Å². The minimum atomic E-state index is -0.432. The number of hydrogen-bond donors (Lipinski definition) is 1. The van der Waals surface area contributed by atoms with Gasteiger partial charge in [-0.05, 0) is 24.3 Å². The second kappa shape index (κ2) is 5.87. The minimum absolute atomic E-state index is 0.0682. The average molecular weight is 276 g/mol.